The van der Waals surface area contributed by atoms with E-state index in [1.807, 2.05) is 6.92 Å². The number of nitrogens with zero attached hydrogens (tertiary/aromatic N) is 1. The highest BCUT2D eigenvalue weighted by molar-refractivity contribution is 6.37. The van der Waals surface area contributed by atoms with Gasteiger partial charge in [-0.2, -0.15) is 0 Å². The number of cyclic esters (lactones) is 1. The van der Waals surface area contributed by atoms with Gasteiger partial charge in [0.2, 0.25) is 0 Å². The Morgan fingerprint density at radius 2 is 2.27 bits per heavy atom. The fraction of sp³-hybridized carbons (Fsp3) is 0.909. The highest BCUT2D eigenvalue weighted by Crippen LogP contribution is 2.21. The molecule has 1 aliphatic heterocycles. The number of rotatable bonds is 4. The molecule has 86 valence electrons. The van der Waals surface area contributed by atoms with E-state index in [1.54, 1.807) is 4.90 Å². The van der Waals surface area contributed by atoms with Gasteiger partial charge in [0.25, 0.3) is 0 Å². The van der Waals surface area contributed by atoms with Gasteiger partial charge in [0, 0.05) is 28.5 Å². The highest BCUT2D eigenvalue weighted by atomic mass is 28.2. The third-order valence-electron chi connectivity index (χ3n) is 2.73. The van der Waals surface area contributed by atoms with Gasteiger partial charge in [-0.3, -0.25) is 0 Å². The molecule has 2 radical (unpaired) electrons. The summed E-state index contributed by atoms with van der Waals surface area (Å²) in [6.07, 6.45) is 1.00. The van der Waals surface area contributed by atoms with Crippen molar-refractivity contribution >= 4 is 15.6 Å². The molecule has 1 aliphatic rings. The van der Waals surface area contributed by atoms with Gasteiger partial charge in [0.15, 0.2) is 0 Å². The molecular formula is C11H21NO2Si. The molecule has 1 rings (SSSR count). The van der Waals surface area contributed by atoms with Crippen LogP contribution in [0.15, 0.2) is 0 Å². The molecule has 0 saturated carbocycles. The molecule has 0 spiro atoms. The van der Waals surface area contributed by atoms with Crippen molar-refractivity contribution in [2.24, 2.45) is 0 Å². The summed E-state index contributed by atoms with van der Waals surface area (Å²) < 4.78 is 5.40. The van der Waals surface area contributed by atoms with Crippen LogP contribution in [0, 0.1) is 0 Å². The molecular weight excluding hydrogens is 206 g/mol. The minimum Gasteiger partial charge on any atom is -0.446 e. The van der Waals surface area contributed by atoms with Gasteiger partial charge in [0.1, 0.15) is 6.10 Å². The molecule has 1 amide bonds. The van der Waals surface area contributed by atoms with Crippen LogP contribution in [0.25, 0.3) is 0 Å². The molecule has 4 heteroatoms. The average Bonchev–Trinajstić information content (AvgIpc) is 2.14. The zero-order valence-electron chi connectivity index (χ0n) is 10.1. The lowest BCUT2D eigenvalue weighted by Crippen LogP contribution is -2.47. The first-order valence-electron chi connectivity index (χ1n) is 5.75. The van der Waals surface area contributed by atoms with E-state index in [9.17, 15) is 4.79 Å². The molecule has 15 heavy (non-hydrogen) atoms. The summed E-state index contributed by atoms with van der Waals surface area (Å²) in [4.78, 5) is 13.4. The van der Waals surface area contributed by atoms with E-state index in [-0.39, 0.29) is 12.2 Å². The third kappa shape index (κ3) is 3.52. The second-order valence-corrected chi connectivity index (χ2v) is 6.41. The Balaban J connectivity index is 2.42. The molecule has 2 unspecified atom stereocenters. The Bertz CT molecular complexity index is 221. The second kappa shape index (κ2) is 5.54. The predicted molar refractivity (Wildman–Crippen MR) is 62.4 cm³/mol. The van der Waals surface area contributed by atoms with Gasteiger partial charge in [-0.05, 0) is 19.9 Å². The van der Waals surface area contributed by atoms with E-state index in [0.717, 1.165) is 28.5 Å². The first kappa shape index (κ1) is 12.6. The Labute approximate surface area is 95.0 Å². The van der Waals surface area contributed by atoms with Crippen LogP contribution >= 0.6 is 0 Å². The van der Waals surface area contributed by atoms with Crippen LogP contribution in [0.4, 0.5) is 4.79 Å². The number of carbonyl (C=O) groups excluding carboxylic acids is 1. The zero-order valence-corrected chi connectivity index (χ0v) is 11.1. The molecule has 3 nitrogen and oxygen atoms in total. The van der Waals surface area contributed by atoms with Gasteiger partial charge >= 0.3 is 6.09 Å². The van der Waals surface area contributed by atoms with Crippen molar-refractivity contribution in [1.82, 2.24) is 4.90 Å². The van der Waals surface area contributed by atoms with E-state index >= 15 is 0 Å². The van der Waals surface area contributed by atoms with Crippen molar-refractivity contribution < 1.29 is 9.53 Å². The number of amides is 1. The summed E-state index contributed by atoms with van der Waals surface area (Å²) in [6.45, 7) is 9.28. The van der Waals surface area contributed by atoms with Crippen LogP contribution in [0.5, 0.6) is 0 Å². The van der Waals surface area contributed by atoms with Crippen LogP contribution < -0.4 is 0 Å². The monoisotopic (exact) mass is 227 g/mol. The van der Waals surface area contributed by atoms with Gasteiger partial charge in [-0.1, -0.05) is 19.4 Å². The molecule has 0 aliphatic carbocycles. The zero-order chi connectivity index (χ0) is 11.4. The van der Waals surface area contributed by atoms with E-state index in [0.29, 0.717) is 11.6 Å². The highest BCUT2D eigenvalue weighted by Gasteiger charge is 2.31. The van der Waals surface area contributed by atoms with Crippen LogP contribution in [-0.4, -0.2) is 39.2 Å². The fourth-order valence-electron chi connectivity index (χ4n) is 1.88. The first-order chi connectivity index (χ1) is 7.04. The normalized spacial score (nSPS) is 27.0. The van der Waals surface area contributed by atoms with Crippen LogP contribution in [0.2, 0.25) is 11.6 Å². The molecule has 1 fully saturated rings. The molecule has 2 atom stereocenters. The summed E-state index contributed by atoms with van der Waals surface area (Å²) in [5.74, 6) is 0. The largest absolute Gasteiger partial charge is 0.446 e. The van der Waals surface area contributed by atoms with Crippen molar-refractivity contribution in [2.75, 3.05) is 6.54 Å². The summed E-state index contributed by atoms with van der Waals surface area (Å²) in [6, 6.07) is 1.36. The third-order valence-corrected chi connectivity index (χ3v) is 4.24. The number of ether oxygens (including phenoxy) is 1. The number of hydrogen-bond acceptors (Lipinski definition) is 2. The van der Waals surface area contributed by atoms with Gasteiger partial charge in [0.05, 0.1) is 0 Å². The van der Waals surface area contributed by atoms with Crippen molar-refractivity contribution in [3.63, 3.8) is 0 Å². The lowest BCUT2D eigenvalue weighted by atomic mass is 10.1. The van der Waals surface area contributed by atoms with E-state index in [1.165, 1.54) is 0 Å². The topological polar surface area (TPSA) is 29.5 Å². The smallest absolute Gasteiger partial charge is 0.410 e. The maximum atomic E-state index is 11.6. The van der Waals surface area contributed by atoms with Crippen LogP contribution in [0.1, 0.15) is 34.1 Å². The average molecular weight is 227 g/mol. The lowest BCUT2D eigenvalue weighted by molar-refractivity contribution is 0.0127. The van der Waals surface area contributed by atoms with Crippen molar-refractivity contribution in [2.45, 2.75) is 57.8 Å². The second-order valence-electron chi connectivity index (χ2n) is 4.44. The molecule has 0 aromatic heterocycles. The summed E-state index contributed by atoms with van der Waals surface area (Å²) >= 11 is 0. The van der Waals surface area contributed by atoms with Crippen LogP contribution in [-0.2, 0) is 4.74 Å². The van der Waals surface area contributed by atoms with Gasteiger partial charge in [-0.25, -0.2) is 4.79 Å². The standard InChI is InChI=1S/C11H21NO2Si/c1-5-12-9(4)6-10(14-11(12)13)7-15-8(2)3/h8-10H,5-7H2,1-4H3. The molecule has 0 bridgehead atoms. The molecule has 1 heterocycles. The summed E-state index contributed by atoms with van der Waals surface area (Å²) in [7, 11) is 0.896. The molecule has 0 aromatic rings. The fourth-order valence-corrected chi connectivity index (χ4v) is 2.86. The molecule has 0 aromatic carbocycles. The summed E-state index contributed by atoms with van der Waals surface area (Å²) in [5.41, 5.74) is 0.711. The maximum Gasteiger partial charge on any atom is 0.410 e. The number of hydrogen-bond donors (Lipinski definition) is 0. The Kier molecular flexibility index (Phi) is 4.64. The van der Waals surface area contributed by atoms with Crippen molar-refractivity contribution in [3.8, 4) is 0 Å². The van der Waals surface area contributed by atoms with Crippen molar-refractivity contribution in [3.05, 3.63) is 0 Å². The minimum atomic E-state index is -0.130. The summed E-state index contributed by atoms with van der Waals surface area (Å²) in [5, 5.41) is 0. The minimum absolute atomic E-state index is 0.130. The SMILES string of the molecule is CCN1C(=O)OC(C[Si]C(C)C)CC1C. The van der Waals surface area contributed by atoms with Gasteiger partial charge in [-0.15, -0.1) is 0 Å². The maximum absolute atomic E-state index is 11.6. The number of carbonyl (C=O) groups is 1. The van der Waals surface area contributed by atoms with E-state index in [4.69, 9.17) is 4.74 Å². The van der Waals surface area contributed by atoms with Gasteiger partial charge < -0.3 is 9.64 Å². The quantitative estimate of drug-likeness (QED) is 0.691. The van der Waals surface area contributed by atoms with E-state index < -0.39 is 0 Å². The lowest BCUT2D eigenvalue weighted by Gasteiger charge is -2.36. The first-order valence-corrected chi connectivity index (χ1v) is 7.03. The predicted octanol–water partition coefficient (Wildman–Crippen LogP) is 2.56. The van der Waals surface area contributed by atoms with Crippen molar-refractivity contribution in [1.29, 1.82) is 0 Å². The molecule has 1 saturated heterocycles. The van der Waals surface area contributed by atoms with E-state index in [2.05, 4.69) is 20.8 Å². The Hall–Kier alpha value is -0.513. The Morgan fingerprint density at radius 3 is 2.73 bits per heavy atom. The molecule has 0 N–H and O–H groups in total. The van der Waals surface area contributed by atoms with Crippen LogP contribution in [0.3, 0.4) is 0 Å². The Morgan fingerprint density at radius 1 is 1.60 bits per heavy atom.